The number of ether oxygens (including phenoxy) is 1. The van der Waals surface area contributed by atoms with E-state index in [1.54, 1.807) is 10.4 Å². The first-order valence-electron chi connectivity index (χ1n) is 13.2. The fourth-order valence-electron chi connectivity index (χ4n) is 5.54. The molecular weight excluding hydrogens is 460 g/mol. The molecule has 0 bridgehead atoms. The van der Waals surface area contributed by atoms with Gasteiger partial charge in [-0.1, -0.05) is 39.3 Å². The first-order chi connectivity index (χ1) is 17.2. The molecule has 3 amide bonds. The summed E-state index contributed by atoms with van der Waals surface area (Å²) in [6.07, 6.45) is 4.37. The van der Waals surface area contributed by atoms with E-state index >= 15 is 0 Å². The van der Waals surface area contributed by atoms with Crippen LogP contribution in [0.3, 0.4) is 0 Å². The van der Waals surface area contributed by atoms with Gasteiger partial charge in [0.05, 0.1) is 11.8 Å². The van der Waals surface area contributed by atoms with Crippen molar-refractivity contribution in [2.24, 2.45) is 11.8 Å². The van der Waals surface area contributed by atoms with Crippen molar-refractivity contribution in [2.45, 2.75) is 64.4 Å². The highest BCUT2D eigenvalue weighted by atomic mass is 16.6. The van der Waals surface area contributed by atoms with E-state index in [0.29, 0.717) is 26.2 Å². The van der Waals surface area contributed by atoms with Crippen molar-refractivity contribution < 1.29 is 24.3 Å². The number of hydrogen-bond acceptors (Lipinski definition) is 6. The van der Waals surface area contributed by atoms with Gasteiger partial charge in [0.25, 0.3) is 0 Å². The molecule has 1 saturated carbocycles. The van der Waals surface area contributed by atoms with Gasteiger partial charge in [0, 0.05) is 45.0 Å². The van der Waals surface area contributed by atoms with Crippen molar-refractivity contribution >= 4 is 23.6 Å². The van der Waals surface area contributed by atoms with Crippen LogP contribution in [0.25, 0.3) is 0 Å². The number of nitrogens with zero attached hydrogens (tertiary/aromatic N) is 3. The molecule has 1 aromatic carbocycles. The van der Waals surface area contributed by atoms with E-state index in [4.69, 9.17) is 4.74 Å². The van der Waals surface area contributed by atoms with E-state index in [0.717, 1.165) is 37.8 Å². The van der Waals surface area contributed by atoms with Gasteiger partial charge >= 0.3 is 6.09 Å². The minimum absolute atomic E-state index is 0.0639. The van der Waals surface area contributed by atoms with Crippen LogP contribution in [0.5, 0.6) is 0 Å². The first kappa shape index (κ1) is 26.3. The van der Waals surface area contributed by atoms with Gasteiger partial charge in [-0.15, -0.1) is 0 Å². The third-order valence-electron chi connectivity index (χ3n) is 7.85. The van der Waals surface area contributed by atoms with E-state index in [9.17, 15) is 19.6 Å². The van der Waals surface area contributed by atoms with Gasteiger partial charge in [-0.2, -0.15) is 0 Å². The standard InChI is InChI=1S/C27H40N4O5/c1-27(2,3)19-9-11-20(12-10-19)29-13-15-30(16-14-29)25(33)23-18-31(17-22(23)24(32)28-35)26(34)36-21-7-5-4-6-8-21/h9-12,21-23,35H,4-8,13-18H2,1-3H3,(H,28,32)/t22-,23-/m1/s1. The monoisotopic (exact) mass is 500 g/mol. The summed E-state index contributed by atoms with van der Waals surface area (Å²) in [6, 6.07) is 8.58. The van der Waals surface area contributed by atoms with Crippen LogP contribution < -0.4 is 10.4 Å². The Kier molecular flexibility index (Phi) is 8.07. The summed E-state index contributed by atoms with van der Waals surface area (Å²) in [5, 5.41) is 9.26. The highest BCUT2D eigenvalue weighted by Crippen LogP contribution is 2.30. The SMILES string of the molecule is CC(C)(C)c1ccc(N2CCN(C(=O)[C@@H]3CN(C(=O)OC4CCCCC4)C[C@H]3C(=O)NO)CC2)cc1. The number of carbonyl (C=O) groups excluding carboxylic acids is 3. The number of amides is 3. The van der Waals surface area contributed by atoms with Crippen LogP contribution in [0.4, 0.5) is 10.5 Å². The number of hydroxylamine groups is 1. The Hall–Kier alpha value is -2.81. The van der Waals surface area contributed by atoms with Crippen LogP contribution in [0.1, 0.15) is 58.4 Å². The number of piperazine rings is 1. The molecule has 3 aliphatic rings. The lowest BCUT2D eigenvalue weighted by atomic mass is 9.87. The molecule has 2 N–H and O–H groups in total. The number of likely N-dealkylation sites (tertiary alicyclic amines) is 1. The third-order valence-corrected chi connectivity index (χ3v) is 7.85. The van der Waals surface area contributed by atoms with Crippen molar-refractivity contribution in [2.75, 3.05) is 44.2 Å². The largest absolute Gasteiger partial charge is 0.446 e. The molecule has 2 saturated heterocycles. The van der Waals surface area contributed by atoms with Crippen LogP contribution in [0.15, 0.2) is 24.3 Å². The molecule has 9 heteroatoms. The maximum atomic E-state index is 13.5. The molecule has 1 aromatic rings. The molecule has 2 atom stereocenters. The second-order valence-corrected chi connectivity index (χ2v) is 11.3. The van der Waals surface area contributed by atoms with E-state index in [-0.39, 0.29) is 30.5 Å². The summed E-state index contributed by atoms with van der Waals surface area (Å²) < 4.78 is 5.66. The molecule has 0 radical (unpaired) electrons. The predicted molar refractivity (Wildman–Crippen MR) is 136 cm³/mol. The molecule has 198 valence electrons. The first-order valence-corrected chi connectivity index (χ1v) is 13.2. The molecule has 1 aliphatic carbocycles. The van der Waals surface area contributed by atoms with Crippen molar-refractivity contribution in [1.82, 2.24) is 15.3 Å². The maximum absolute atomic E-state index is 13.5. The van der Waals surface area contributed by atoms with Gasteiger partial charge in [-0.3, -0.25) is 14.8 Å². The summed E-state index contributed by atoms with van der Waals surface area (Å²) in [5.41, 5.74) is 4.19. The average molecular weight is 501 g/mol. The summed E-state index contributed by atoms with van der Waals surface area (Å²) in [6.45, 7) is 9.22. The van der Waals surface area contributed by atoms with Crippen molar-refractivity contribution in [1.29, 1.82) is 0 Å². The van der Waals surface area contributed by atoms with Gasteiger partial charge in [0.15, 0.2) is 0 Å². The number of hydrogen-bond donors (Lipinski definition) is 2. The Morgan fingerprint density at radius 2 is 1.50 bits per heavy atom. The number of carbonyl (C=O) groups is 3. The van der Waals surface area contributed by atoms with Crippen LogP contribution in [0.2, 0.25) is 0 Å². The highest BCUT2D eigenvalue weighted by Gasteiger charge is 2.46. The summed E-state index contributed by atoms with van der Waals surface area (Å²) in [5.74, 6) is -2.30. The molecule has 0 unspecified atom stereocenters. The zero-order chi connectivity index (χ0) is 25.9. The maximum Gasteiger partial charge on any atom is 0.410 e. The summed E-state index contributed by atoms with van der Waals surface area (Å²) >= 11 is 0. The predicted octanol–water partition coefficient (Wildman–Crippen LogP) is 3.16. The normalized spacial score (nSPS) is 23.5. The molecule has 4 rings (SSSR count). The van der Waals surface area contributed by atoms with Crippen molar-refractivity contribution in [3.8, 4) is 0 Å². The number of benzene rings is 1. The molecule has 3 fully saturated rings. The smallest absolute Gasteiger partial charge is 0.410 e. The Bertz CT molecular complexity index is 930. The Morgan fingerprint density at radius 1 is 0.889 bits per heavy atom. The van der Waals surface area contributed by atoms with Crippen LogP contribution in [0, 0.1) is 11.8 Å². The zero-order valence-corrected chi connectivity index (χ0v) is 21.7. The van der Waals surface area contributed by atoms with E-state index in [1.807, 2.05) is 0 Å². The minimum Gasteiger partial charge on any atom is -0.446 e. The highest BCUT2D eigenvalue weighted by molar-refractivity contribution is 5.89. The Balaban J connectivity index is 1.36. The summed E-state index contributed by atoms with van der Waals surface area (Å²) in [7, 11) is 0. The Labute approximate surface area is 213 Å². The van der Waals surface area contributed by atoms with Crippen LogP contribution in [-0.2, 0) is 19.7 Å². The third kappa shape index (κ3) is 5.94. The van der Waals surface area contributed by atoms with E-state index in [2.05, 4.69) is 49.9 Å². The molecular formula is C27H40N4O5. The van der Waals surface area contributed by atoms with Gasteiger partial charge in [-0.05, 0) is 48.8 Å². The lowest BCUT2D eigenvalue weighted by Gasteiger charge is -2.37. The van der Waals surface area contributed by atoms with Gasteiger partial charge in [0.2, 0.25) is 11.8 Å². The number of rotatable bonds is 4. The van der Waals surface area contributed by atoms with Crippen LogP contribution in [-0.4, -0.2) is 78.3 Å². The van der Waals surface area contributed by atoms with Gasteiger partial charge in [0.1, 0.15) is 6.10 Å². The number of anilines is 1. The van der Waals surface area contributed by atoms with Crippen molar-refractivity contribution in [3.05, 3.63) is 29.8 Å². The minimum atomic E-state index is -0.802. The molecule has 2 aliphatic heterocycles. The lowest BCUT2D eigenvalue weighted by molar-refractivity contribution is -0.143. The Morgan fingerprint density at radius 3 is 2.08 bits per heavy atom. The van der Waals surface area contributed by atoms with E-state index in [1.165, 1.54) is 10.5 Å². The quantitative estimate of drug-likeness (QED) is 0.486. The fraction of sp³-hybridized carbons (Fsp3) is 0.667. The van der Waals surface area contributed by atoms with Crippen LogP contribution >= 0.6 is 0 Å². The molecule has 0 spiro atoms. The molecule has 9 nitrogen and oxygen atoms in total. The second kappa shape index (κ2) is 11.1. The average Bonchev–Trinajstić information content (AvgIpc) is 3.34. The molecule has 0 aromatic heterocycles. The number of nitrogens with one attached hydrogen (secondary N) is 1. The van der Waals surface area contributed by atoms with Gasteiger partial charge in [-0.25, -0.2) is 10.3 Å². The second-order valence-electron chi connectivity index (χ2n) is 11.3. The topological polar surface area (TPSA) is 102 Å². The molecule has 36 heavy (non-hydrogen) atoms. The summed E-state index contributed by atoms with van der Waals surface area (Å²) in [4.78, 5) is 44.1. The fourth-order valence-corrected chi connectivity index (χ4v) is 5.54. The van der Waals surface area contributed by atoms with E-state index < -0.39 is 23.8 Å². The van der Waals surface area contributed by atoms with Gasteiger partial charge < -0.3 is 19.4 Å². The zero-order valence-electron chi connectivity index (χ0n) is 21.7. The lowest BCUT2D eigenvalue weighted by Crippen LogP contribution is -2.52. The molecule has 2 heterocycles. The van der Waals surface area contributed by atoms with Crippen molar-refractivity contribution in [3.63, 3.8) is 0 Å².